The number of nitrogens with zero attached hydrogens (tertiary/aromatic N) is 2. The molecule has 1 heterocycles. The number of aromatic nitrogens is 2. The van der Waals surface area contributed by atoms with E-state index in [-0.39, 0.29) is 6.42 Å². The molecular formula is C10H15N3O4. The monoisotopic (exact) mass is 241 g/mol. The first kappa shape index (κ1) is 13.2. The van der Waals surface area contributed by atoms with Crippen LogP contribution in [0, 0.1) is 0 Å². The quantitative estimate of drug-likeness (QED) is 0.606. The van der Waals surface area contributed by atoms with Crippen LogP contribution >= 0.6 is 0 Å². The topological polar surface area (TPSA) is 104 Å². The van der Waals surface area contributed by atoms with Crippen molar-refractivity contribution >= 4 is 11.9 Å². The molecule has 2 atom stereocenters. The summed E-state index contributed by atoms with van der Waals surface area (Å²) >= 11 is 0. The van der Waals surface area contributed by atoms with Gasteiger partial charge >= 0.3 is 5.97 Å². The number of carboxylic acid groups (broad SMARTS) is 1. The number of aliphatic hydroxyl groups excluding tert-OH is 1. The molecule has 0 aromatic carbocycles. The predicted octanol–water partition coefficient (Wildman–Crippen LogP) is -0.777. The minimum Gasteiger partial charge on any atom is -0.480 e. The summed E-state index contributed by atoms with van der Waals surface area (Å²) in [6.07, 6.45) is 3.86. The Morgan fingerprint density at radius 3 is 2.71 bits per heavy atom. The molecule has 1 aromatic rings. The summed E-state index contributed by atoms with van der Waals surface area (Å²) in [4.78, 5) is 26.0. The van der Waals surface area contributed by atoms with Crippen molar-refractivity contribution in [3.8, 4) is 0 Å². The average molecular weight is 241 g/mol. The lowest BCUT2D eigenvalue weighted by atomic mass is 10.2. The molecule has 0 saturated heterocycles. The Morgan fingerprint density at radius 2 is 2.24 bits per heavy atom. The van der Waals surface area contributed by atoms with Gasteiger partial charge in [0.25, 0.3) is 0 Å². The highest BCUT2D eigenvalue weighted by Gasteiger charge is 2.24. The van der Waals surface area contributed by atoms with Gasteiger partial charge < -0.3 is 20.1 Å². The molecule has 0 saturated carbocycles. The standard InChI is InChI=1S/C10H15N3O4/c1-7(14)9(10(16)17)12-8(15)2-4-13-5-3-11-6-13/h3,5-7,9,14H,2,4H2,1H3,(H,12,15)(H,16,17)/t7-,9+/m1/s1. The third kappa shape index (κ3) is 4.23. The summed E-state index contributed by atoms with van der Waals surface area (Å²) in [5, 5.41) is 20.2. The van der Waals surface area contributed by atoms with E-state index in [9.17, 15) is 14.7 Å². The summed E-state index contributed by atoms with van der Waals surface area (Å²) < 4.78 is 1.71. The van der Waals surface area contributed by atoms with Crippen molar-refractivity contribution in [3.05, 3.63) is 18.7 Å². The molecule has 0 spiro atoms. The van der Waals surface area contributed by atoms with E-state index >= 15 is 0 Å². The molecule has 7 nitrogen and oxygen atoms in total. The van der Waals surface area contributed by atoms with Gasteiger partial charge in [0.05, 0.1) is 12.4 Å². The fourth-order valence-electron chi connectivity index (χ4n) is 1.28. The zero-order chi connectivity index (χ0) is 12.8. The van der Waals surface area contributed by atoms with E-state index in [4.69, 9.17) is 5.11 Å². The van der Waals surface area contributed by atoms with Gasteiger partial charge in [-0.1, -0.05) is 0 Å². The molecular weight excluding hydrogens is 226 g/mol. The van der Waals surface area contributed by atoms with E-state index in [1.54, 1.807) is 23.3 Å². The Labute approximate surface area is 98.1 Å². The first-order valence-corrected chi connectivity index (χ1v) is 5.16. The number of carbonyl (C=O) groups is 2. The van der Waals surface area contributed by atoms with Crippen LogP contribution in [-0.2, 0) is 16.1 Å². The SMILES string of the molecule is C[C@@H](O)[C@H](NC(=O)CCn1ccnc1)C(=O)O. The van der Waals surface area contributed by atoms with Crippen molar-refractivity contribution in [3.63, 3.8) is 0 Å². The lowest BCUT2D eigenvalue weighted by Gasteiger charge is -2.16. The van der Waals surface area contributed by atoms with Gasteiger partial charge in [0.15, 0.2) is 6.04 Å². The largest absolute Gasteiger partial charge is 0.480 e. The highest BCUT2D eigenvalue weighted by atomic mass is 16.4. The molecule has 94 valence electrons. The normalized spacial score (nSPS) is 14.0. The van der Waals surface area contributed by atoms with Gasteiger partial charge in [0.2, 0.25) is 5.91 Å². The van der Waals surface area contributed by atoms with Crippen LogP contribution in [0.5, 0.6) is 0 Å². The van der Waals surface area contributed by atoms with Crippen LogP contribution in [0.25, 0.3) is 0 Å². The molecule has 0 aliphatic heterocycles. The molecule has 0 fully saturated rings. The number of hydrogen-bond donors (Lipinski definition) is 3. The van der Waals surface area contributed by atoms with Crippen molar-refractivity contribution in [1.82, 2.24) is 14.9 Å². The second-order valence-corrected chi connectivity index (χ2v) is 3.67. The second kappa shape index (κ2) is 6.00. The molecule has 0 aliphatic rings. The van der Waals surface area contributed by atoms with Crippen molar-refractivity contribution in [1.29, 1.82) is 0 Å². The lowest BCUT2D eigenvalue weighted by molar-refractivity contribution is -0.144. The average Bonchev–Trinajstić information content (AvgIpc) is 2.74. The Balaban J connectivity index is 2.40. The van der Waals surface area contributed by atoms with Gasteiger partial charge in [-0.05, 0) is 6.92 Å². The van der Waals surface area contributed by atoms with E-state index in [1.807, 2.05) is 0 Å². The second-order valence-electron chi connectivity index (χ2n) is 3.67. The molecule has 17 heavy (non-hydrogen) atoms. The van der Waals surface area contributed by atoms with Crippen LogP contribution in [0.1, 0.15) is 13.3 Å². The fourth-order valence-corrected chi connectivity index (χ4v) is 1.28. The van der Waals surface area contributed by atoms with Crippen molar-refractivity contribution in [2.75, 3.05) is 0 Å². The van der Waals surface area contributed by atoms with E-state index in [0.29, 0.717) is 6.54 Å². The first-order chi connectivity index (χ1) is 8.00. The van der Waals surface area contributed by atoms with Gasteiger partial charge in [0.1, 0.15) is 0 Å². The zero-order valence-electron chi connectivity index (χ0n) is 9.41. The van der Waals surface area contributed by atoms with Crippen molar-refractivity contribution < 1.29 is 19.8 Å². The van der Waals surface area contributed by atoms with Gasteiger partial charge in [-0.2, -0.15) is 0 Å². The van der Waals surface area contributed by atoms with Crippen LogP contribution in [-0.4, -0.2) is 43.8 Å². The minimum atomic E-state index is -1.27. The highest BCUT2D eigenvalue weighted by Crippen LogP contribution is 1.96. The zero-order valence-corrected chi connectivity index (χ0v) is 9.41. The van der Waals surface area contributed by atoms with E-state index < -0.39 is 24.0 Å². The maximum absolute atomic E-state index is 11.4. The van der Waals surface area contributed by atoms with Crippen LogP contribution in [0.2, 0.25) is 0 Å². The van der Waals surface area contributed by atoms with Crippen LogP contribution in [0.4, 0.5) is 0 Å². The number of amides is 1. The molecule has 1 amide bonds. The van der Waals surface area contributed by atoms with Gasteiger partial charge in [-0.15, -0.1) is 0 Å². The predicted molar refractivity (Wildman–Crippen MR) is 58.1 cm³/mol. The van der Waals surface area contributed by atoms with Crippen molar-refractivity contribution in [2.45, 2.75) is 32.0 Å². The van der Waals surface area contributed by atoms with Crippen LogP contribution in [0.15, 0.2) is 18.7 Å². The molecule has 0 aliphatic carbocycles. The number of carbonyl (C=O) groups excluding carboxylic acids is 1. The number of aliphatic carboxylic acids is 1. The molecule has 0 radical (unpaired) electrons. The Bertz CT molecular complexity index is 375. The Kier molecular flexibility index (Phi) is 4.65. The maximum atomic E-state index is 11.4. The summed E-state index contributed by atoms with van der Waals surface area (Å²) in [7, 11) is 0. The molecule has 3 N–H and O–H groups in total. The highest BCUT2D eigenvalue weighted by molar-refractivity contribution is 5.83. The van der Waals surface area contributed by atoms with E-state index in [1.165, 1.54) is 6.92 Å². The van der Waals surface area contributed by atoms with Gasteiger partial charge in [-0.25, -0.2) is 9.78 Å². The molecule has 1 aromatic heterocycles. The number of carboxylic acids is 1. The first-order valence-electron chi connectivity index (χ1n) is 5.16. The summed E-state index contributed by atoms with van der Waals surface area (Å²) in [5.41, 5.74) is 0. The van der Waals surface area contributed by atoms with E-state index in [0.717, 1.165) is 0 Å². The third-order valence-electron chi connectivity index (χ3n) is 2.22. The number of hydrogen-bond acceptors (Lipinski definition) is 4. The maximum Gasteiger partial charge on any atom is 0.328 e. The summed E-state index contributed by atoms with van der Waals surface area (Å²) in [5.74, 6) is -1.68. The van der Waals surface area contributed by atoms with Gasteiger partial charge in [-0.3, -0.25) is 4.79 Å². The van der Waals surface area contributed by atoms with Crippen LogP contribution in [0.3, 0.4) is 0 Å². The Morgan fingerprint density at radius 1 is 1.53 bits per heavy atom. The van der Waals surface area contributed by atoms with Gasteiger partial charge in [0, 0.05) is 25.4 Å². The number of nitrogens with one attached hydrogen (secondary N) is 1. The smallest absolute Gasteiger partial charge is 0.328 e. The summed E-state index contributed by atoms with van der Waals surface area (Å²) in [6.45, 7) is 1.73. The number of rotatable bonds is 6. The Hall–Kier alpha value is -1.89. The van der Waals surface area contributed by atoms with Crippen LogP contribution < -0.4 is 5.32 Å². The summed E-state index contributed by atoms with van der Waals surface area (Å²) in [6, 6.07) is -1.27. The third-order valence-corrected chi connectivity index (χ3v) is 2.22. The molecule has 1 rings (SSSR count). The minimum absolute atomic E-state index is 0.132. The number of imidazole rings is 1. The van der Waals surface area contributed by atoms with E-state index in [2.05, 4.69) is 10.3 Å². The number of aliphatic hydroxyl groups is 1. The number of aryl methyl sites for hydroxylation is 1. The molecule has 0 bridgehead atoms. The fraction of sp³-hybridized carbons (Fsp3) is 0.500. The lowest BCUT2D eigenvalue weighted by Crippen LogP contribution is -2.47. The van der Waals surface area contributed by atoms with Crippen molar-refractivity contribution in [2.24, 2.45) is 0 Å². The molecule has 0 unspecified atom stereocenters. The molecule has 7 heteroatoms.